The van der Waals surface area contributed by atoms with E-state index in [1.54, 1.807) is 0 Å². The van der Waals surface area contributed by atoms with Gasteiger partial charge in [-0.1, -0.05) is 0 Å². The zero-order valence-electron chi connectivity index (χ0n) is 11.0. The second kappa shape index (κ2) is 8.01. The Kier molecular flexibility index (Phi) is 6.96. The van der Waals surface area contributed by atoms with Crippen LogP contribution < -0.4 is 5.32 Å². The van der Waals surface area contributed by atoms with Gasteiger partial charge in [-0.2, -0.15) is 0 Å². The van der Waals surface area contributed by atoms with Crippen molar-refractivity contribution in [2.75, 3.05) is 59.5 Å². The zero-order chi connectivity index (χ0) is 11.8. The fourth-order valence-corrected chi connectivity index (χ4v) is 1.97. The molecular weight excluding hydrogens is 202 g/mol. The van der Waals surface area contributed by atoms with Crippen LogP contribution in [0.3, 0.4) is 0 Å². The van der Waals surface area contributed by atoms with Crippen molar-refractivity contribution in [3.05, 3.63) is 0 Å². The average Bonchev–Trinajstić information content (AvgIpc) is 2.29. The van der Waals surface area contributed by atoms with Gasteiger partial charge in [-0.3, -0.25) is 9.80 Å². The number of nitrogens with zero attached hydrogens (tertiary/aromatic N) is 2. The van der Waals surface area contributed by atoms with E-state index in [0.717, 1.165) is 26.3 Å². The van der Waals surface area contributed by atoms with Gasteiger partial charge < -0.3 is 10.1 Å². The van der Waals surface area contributed by atoms with E-state index >= 15 is 0 Å². The quantitative estimate of drug-likeness (QED) is 0.633. The Morgan fingerprint density at radius 3 is 2.38 bits per heavy atom. The summed E-state index contributed by atoms with van der Waals surface area (Å²) in [5.74, 6) is 0. The van der Waals surface area contributed by atoms with Crippen LogP contribution in [0.2, 0.25) is 0 Å². The minimum absolute atomic E-state index is 0.689. The molecule has 4 heteroatoms. The molecule has 0 unspecified atom stereocenters. The summed E-state index contributed by atoms with van der Waals surface area (Å²) in [6.45, 7) is 13.0. The van der Waals surface area contributed by atoms with Gasteiger partial charge in [-0.05, 0) is 20.9 Å². The summed E-state index contributed by atoms with van der Waals surface area (Å²) in [6, 6.07) is 0.689. The molecule has 96 valence electrons. The SMILES string of the molecule is CNCCOCCN1CCN(C(C)C)CC1. The van der Waals surface area contributed by atoms with Gasteiger partial charge in [0.2, 0.25) is 0 Å². The minimum Gasteiger partial charge on any atom is -0.379 e. The number of piperazine rings is 1. The molecule has 1 aliphatic rings. The lowest BCUT2D eigenvalue weighted by Gasteiger charge is -2.36. The molecule has 1 aliphatic heterocycles. The van der Waals surface area contributed by atoms with Crippen molar-refractivity contribution >= 4 is 0 Å². The highest BCUT2D eigenvalue weighted by atomic mass is 16.5. The number of likely N-dealkylation sites (N-methyl/N-ethyl adjacent to an activating group) is 1. The largest absolute Gasteiger partial charge is 0.379 e. The highest BCUT2D eigenvalue weighted by Gasteiger charge is 2.17. The van der Waals surface area contributed by atoms with E-state index in [4.69, 9.17) is 4.74 Å². The first-order valence-corrected chi connectivity index (χ1v) is 6.42. The highest BCUT2D eigenvalue weighted by Crippen LogP contribution is 2.05. The number of ether oxygens (including phenoxy) is 1. The Labute approximate surface area is 99.9 Å². The first-order valence-electron chi connectivity index (χ1n) is 6.42. The van der Waals surface area contributed by atoms with Crippen molar-refractivity contribution in [1.29, 1.82) is 0 Å². The van der Waals surface area contributed by atoms with Gasteiger partial charge >= 0.3 is 0 Å². The molecule has 1 rings (SSSR count). The lowest BCUT2D eigenvalue weighted by Crippen LogP contribution is -2.49. The molecule has 16 heavy (non-hydrogen) atoms. The van der Waals surface area contributed by atoms with Crippen LogP contribution in [0, 0.1) is 0 Å². The maximum atomic E-state index is 5.53. The van der Waals surface area contributed by atoms with Gasteiger partial charge in [0.15, 0.2) is 0 Å². The van der Waals surface area contributed by atoms with E-state index in [2.05, 4.69) is 29.0 Å². The van der Waals surface area contributed by atoms with Crippen molar-refractivity contribution < 1.29 is 4.74 Å². The van der Waals surface area contributed by atoms with Gasteiger partial charge in [0, 0.05) is 45.3 Å². The molecule has 0 aromatic heterocycles. The predicted octanol–water partition coefficient (Wildman–Crippen LogP) is 0.248. The van der Waals surface area contributed by atoms with Gasteiger partial charge in [-0.25, -0.2) is 0 Å². The van der Waals surface area contributed by atoms with Crippen molar-refractivity contribution in [2.45, 2.75) is 19.9 Å². The fraction of sp³-hybridized carbons (Fsp3) is 1.00. The zero-order valence-corrected chi connectivity index (χ0v) is 11.0. The third-order valence-electron chi connectivity index (χ3n) is 3.19. The summed E-state index contributed by atoms with van der Waals surface area (Å²) in [5.41, 5.74) is 0. The van der Waals surface area contributed by atoms with Crippen molar-refractivity contribution in [2.24, 2.45) is 0 Å². The summed E-state index contributed by atoms with van der Waals surface area (Å²) in [7, 11) is 1.95. The number of hydrogen-bond acceptors (Lipinski definition) is 4. The Morgan fingerprint density at radius 1 is 1.12 bits per heavy atom. The number of nitrogens with one attached hydrogen (secondary N) is 1. The lowest BCUT2D eigenvalue weighted by molar-refractivity contribution is 0.0677. The van der Waals surface area contributed by atoms with Crippen molar-refractivity contribution in [3.8, 4) is 0 Å². The van der Waals surface area contributed by atoms with Gasteiger partial charge in [0.25, 0.3) is 0 Å². The van der Waals surface area contributed by atoms with E-state index in [0.29, 0.717) is 6.04 Å². The summed E-state index contributed by atoms with van der Waals surface area (Å²) in [4.78, 5) is 5.04. The molecule has 0 saturated carbocycles. The van der Waals surface area contributed by atoms with Crippen LogP contribution in [0.15, 0.2) is 0 Å². The lowest BCUT2D eigenvalue weighted by atomic mass is 10.2. The van der Waals surface area contributed by atoms with Crippen LogP contribution in [-0.4, -0.2) is 75.4 Å². The van der Waals surface area contributed by atoms with Gasteiger partial charge in [0.1, 0.15) is 0 Å². The first-order chi connectivity index (χ1) is 7.74. The second-order valence-electron chi connectivity index (χ2n) is 4.69. The van der Waals surface area contributed by atoms with Crippen LogP contribution in [0.25, 0.3) is 0 Å². The van der Waals surface area contributed by atoms with Crippen LogP contribution in [0.1, 0.15) is 13.8 Å². The third-order valence-corrected chi connectivity index (χ3v) is 3.19. The minimum atomic E-state index is 0.689. The van der Waals surface area contributed by atoms with Crippen LogP contribution in [0.4, 0.5) is 0 Å². The van der Waals surface area contributed by atoms with E-state index in [1.807, 2.05) is 7.05 Å². The molecule has 1 saturated heterocycles. The molecule has 0 aromatic rings. The summed E-state index contributed by atoms with van der Waals surface area (Å²) < 4.78 is 5.53. The Balaban J connectivity index is 1.99. The summed E-state index contributed by atoms with van der Waals surface area (Å²) in [5, 5.41) is 3.08. The summed E-state index contributed by atoms with van der Waals surface area (Å²) in [6.07, 6.45) is 0. The molecule has 1 heterocycles. The van der Waals surface area contributed by atoms with Crippen molar-refractivity contribution in [1.82, 2.24) is 15.1 Å². The highest BCUT2D eigenvalue weighted by molar-refractivity contribution is 4.73. The molecule has 0 radical (unpaired) electrons. The standard InChI is InChI=1S/C12H27N3O/c1-12(2)15-7-5-14(6-8-15)9-11-16-10-4-13-3/h12-13H,4-11H2,1-3H3. The fourth-order valence-electron chi connectivity index (χ4n) is 1.97. The predicted molar refractivity (Wildman–Crippen MR) is 67.9 cm³/mol. The van der Waals surface area contributed by atoms with E-state index in [-0.39, 0.29) is 0 Å². The Bertz CT molecular complexity index is 168. The van der Waals surface area contributed by atoms with E-state index in [1.165, 1.54) is 26.2 Å². The maximum absolute atomic E-state index is 5.53. The summed E-state index contributed by atoms with van der Waals surface area (Å²) >= 11 is 0. The normalized spacial score (nSPS) is 19.5. The Hall–Kier alpha value is -0.160. The molecule has 1 fully saturated rings. The smallest absolute Gasteiger partial charge is 0.0594 e. The topological polar surface area (TPSA) is 27.7 Å². The van der Waals surface area contributed by atoms with Gasteiger partial charge in [-0.15, -0.1) is 0 Å². The molecule has 4 nitrogen and oxygen atoms in total. The van der Waals surface area contributed by atoms with E-state index < -0.39 is 0 Å². The first kappa shape index (κ1) is 13.9. The molecule has 0 spiro atoms. The third kappa shape index (κ3) is 5.25. The van der Waals surface area contributed by atoms with Gasteiger partial charge in [0.05, 0.1) is 13.2 Å². The molecule has 0 aromatic carbocycles. The maximum Gasteiger partial charge on any atom is 0.0594 e. The molecule has 0 amide bonds. The molecule has 0 bridgehead atoms. The van der Waals surface area contributed by atoms with Crippen LogP contribution in [-0.2, 0) is 4.74 Å². The molecular formula is C12H27N3O. The molecule has 0 aliphatic carbocycles. The van der Waals surface area contributed by atoms with Crippen LogP contribution in [0.5, 0.6) is 0 Å². The van der Waals surface area contributed by atoms with Crippen LogP contribution >= 0.6 is 0 Å². The average molecular weight is 229 g/mol. The monoisotopic (exact) mass is 229 g/mol. The molecule has 1 N–H and O–H groups in total. The van der Waals surface area contributed by atoms with Crippen molar-refractivity contribution in [3.63, 3.8) is 0 Å². The molecule has 0 atom stereocenters. The number of hydrogen-bond donors (Lipinski definition) is 1. The Morgan fingerprint density at radius 2 is 1.81 bits per heavy atom. The number of rotatable bonds is 7. The van der Waals surface area contributed by atoms with E-state index in [9.17, 15) is 0 Å². The second-order valence-corrected chi connectivity index (χ2v) is 4.69.